The third-order valence-electron chi connectivity index (χ3n) is 5.63. The predicted octanol–water partition coefficient (Wildman–Crippen LogP) is 5.64. The molecule has 0 aliphatic carbocycles. The summed E-state index contributed by atoms with van der Waals surface area (Å²) < 4.78 is 7.75. The van der Waals surface area contributed by atoms with Crippen LogP contribution in [-0.2, 0) is 62.8 Å². The average molecular weight is 1220 g/mol. The van der Waals surface area contributed by atoms with E-state index >= 15 is 0 Å². The van der Waals surface area contributed by atoms with Gasteiger partial charge in [-0.1, -0.05) is 24.3 Å². The number of halogens is 4. The molecule has 8 aromatic heterocycles. The van der Waals surface area contributed by atoms with E-state index in [1.807, 2.05) is 140 Å². The summed E-state index contributed by atoms with van der Waals surface area (Å²) in [4.78, 5) is 15.1. The molecule has 0 fully saturated rings. The van der Waals surface area contributed by atoms with E-state index in [-0.39, 0.29) is 73.4 Å². The zero-order chi connectivity index (χ0) is 37.4. The first-order valence-corrected chi connectivity index (χ1v) is 17.9. The number of nitrogens with zero attached hydrogens (tertiary/aromatic N) is 12. The standard InChI is InChI=1S/2C6H8BN4.4C5H5N.2CH2Cl2.4O.2Re/c2*1-3-8-10(5-1)7-11-6-2-4-9-11;4*1-2-4-6-5-3-1;2*2-1-3;;;;;;/h2*1-6H,7H2;4*1-5H;2*1H2;;;;;;/q2*-1;;;;;;;4*-2;;. The average Bonchev–Trinajstić information content (AvgIpc) is 4.08. The maximum absolute atomic E-state index is 4.76. The first kappa shape index (κ1) is 65.7. The summed E-state index contributed by atoms with van der Waals surface area (Å²) in [6.07, 6.45) is 29.0. The smallest absolute Gasteiger partial charge is 0.198 e. The van der Waals surface area contributed by atoms with Gasteiger partial charge in [-0.05, 0) is 97.6 Å². The molecular weight excluding hydrogens is 1180 g/mol. The Hall–Kier alpha value is -4.11. The molecule has 8 rings (SSSR count). The van der Waals surface area contributed by atoms with Crippen molar-refractivity contribution >= 4 is 61.5 Å². The van der Waals surface area contributed by atoms with Crippen LogP contribution in [0.3, 0.4) is 0 Å². The van der Waals surface area contributed by atoms with Crippen molar-refractivity contribution in [2.75, 3.05) is 10.7 Å². The van der Waals surface area contributed by atoms with Crippen molar-refractivity contribution in [3.63, 3.8) is 0 Å². The number of hydrogen-bond acceptors (Lipinski definition) is 8. The number of hydrogen-bond donors (Lipinski definition) is 0. The van der Waals surface area contributed by atoms with Crippen molar-refractivity contribution in [3.05, 3.63) is 196 Å². The van der Waals surface area contributed by atoms with E-state index in [4.69, 9.17) is 46.4 Å². The Labute approximate surface area is 387 Å². The molecule has 58 heavy (non-hydrogen) atoms. The van der Waals surface area contributed by atoms with Gasteiger partial charge in [0, 0.05) is 115 Å². The summed E-state index contributed by atoms with van der Waals surface area (Å²) in [6.45, 7) is 0. The Morgan fingerprint density at radius 3 is 0.552 bits per heavy atom. The van der Waals surface area contributed by atoms with E-state index < -0.39 is 15.1 Å². The van der Waals surface area contributed by atoms with Crippen LogP contribution < -0.4 is 0 Å². The van der Waals surface area contributed by atoms with Crippen LogP contribution >= 0.6 is 46.4 Å². The normalized spacial score (nSPS) is 7.79. The van der Waals surface area contributed by atoms with Crippen LogP contribution in [0.4, 0.5) is 0 Å². The maximum atomic E-state index is 4.76. The van der Waals surface area contributed by atoms with Crippen LogP contribution in [0.15, 0.2) is 196 Å². The van der Waals surface area contributed by atoms with E-state index in [0.29, 0.717) is 0 Å². The Kier molecular flexibility index (Phi) is 59.9. The van der Waals surface area contributed by atoms with Crippen LogP contribution in [-0.4, -0.2) is 84.5 Å². The van der Waals surface area contributed by atoms with E-state index in [1.54, 1.807) is 74.4 Å². The van der Waals surface area contributed by atoms with Gasteiger partial charge < -0.3 is 40.3 Å². The summed E-state index contributed by atoms with van der Waals surface area (Å²) in [5, 5.41) is 16.8. The molecule has 0 aliphatic heterocycles. The summed E-state index contributed by atoms with van der Waals surface area (Å²) in [5.74, 6) is 0. The SMILES string of the molecule is ClCCl.ClCCl.[BH2-](n1cccn1)n1cccn1.[BH2-](n1cccn1)n1cccn1.[O-2].[O-2].[O-2].[O-2].[Re].[Re].c1ccncc1.c1ccncc1.c1ccncc1.c1ccncc1. The second-order valence-corrected chi connectivity index (χ2v) is 11.0. The molecule has 16 nitrogen and oxygen atoms in total. The van der Waals surface area contributed by atoms with Crippen LogP contribution in [0.2, 0.25) is 0 Å². The molecule has 0 aromatic carbocycles. The fraction of sp³-hybridized carbons (Fsp3) is 0.0588. The largest absolute Gasteiger partial charge is 2.00 e. The van der Waals surface area contributed by atoms with E-state index in [2.05, 4.69) is 40.3 Å². The van der Waals surface area contributed by atoms with E-state index in [1.165, 1.54) is 0 Å². The quantitative estimate of drug-likeness (QED) is 0.158. The first-order valence-electron chi connectivity index (χ1n) is 15.8. The second-order valence-electron chi connectivity index (χ2n) is 9.42. The fourth-order valence-corrected chi connectivity index (χ4v) is 3.52. The van der Waals surface area contributed by atoms with Crippen molar-refractivity contribution in [2.45, 2.75) is 0 Å². The minimum Gasteiger partial charge on any atom is -2.00 e. The van der Waals surface area contributed by atoms with Crippen molar-refractivity contribution in [1.29, 1.82) is 0 Å². The van der Waals surface area contributed by atoms with Crippen molar-refractivity contribution < 1.29 is 62.8 Å². The molecule has 24 heteroatoms. The zero-order valence-corrected chi connectivity index (χ0v) is 39.6. The Morgan fingerprint density at radius 1 is 0.293 bits per heavy atom. The number of aromatic nitrogens is 12. The maximum Gasteiger partial charge on any atom is 0.198 e. The molecule has 0 saturated carbocycles. The molecule has 0 spiro atoms. The zero-order valence-electron chi connectivity index (χ0n) is 31.2. The summed E-state index contributed by atoms with van der Waals surface area (Å²) >= 11 is 19.1. The third-order valence-corrected chi connectivity index (χ3v) is 5.63. The van der Waals surface area contributed by atoms with Gasteiger partial charge in [-0.15, -0.1) is 46.4 Å². The van der Waals surface area contributed by atoms with Crippen LogP contribution in [0.5, 0.6) is 0 Å². The predicted molar refractivity (Wildman–Crippen MR) is 220 cm³/mol. The van der Waals surface area contributed by atoms with Gasteiger partial charge in [0.25, 0.3) is 0 Å². The number of alkyl halides is 4. The molecule has 0 bridgehead atoms. The van der Waals surface area contributed by atoms with Gasteiger partial charge in [-0.25, -0.2) is 20.4 Å². The molecule has 0 unspecified atom stereocenters. The van der Waals surface area contributed by atoms with Gasteiger partial charge in [0.15, 0.2) is 15.1 Å². The van der Waals surface area contributed by atoms with Gasteiger partial charge >= 0.3 is 0 Å². The summed E-state index contributed by atoms with van der Waals surface area (Å²) in [5.41, 5.74) is 0. The van der Waals surface area contributed by atoms with Crippen LogP contribution in [0.25, 0.3) is 0 Å². The van der Waals surface area contributed by atoms with Gasteiger partial charge in [-0.3, -0.25) is 19.9 Å². The first-order chi connectivity index (χ1) is 25.7. The molecule has 2 radical (unpaired) electrons. The van der Waals surface area contributed by atoms with Gasteiger partial charge in [0.2, 0.25) is 0 Å². The monoisotopic (exact) mass is 1220 g/mol. The number of rotatable bonds is 4. The minimum atomic E-state index is -0.417. The topological polar surface area (TPSA) is 237 Å². The minimum absolute atomic E-state index is 0. The van der Waals surface area contributed by atoms with Gasteiger partial charge in [0.05, 0.1) is 10.7 Å². The Balaban J connectivity index is -0.000000136. The Morgan fingerprint density at radius 2 is 0.466 bits per heavy atom. The third kappa shape index (κ3) is 43.0. The summed E-state index contributed by atoms with van der Waals surface area (Å²) in [7, 11) is -0.833. The Bertz CT molecular complexity index is 1380. The fourth-order valence-electron chi connectivity index (χ4n) is 3.52. The van der Waals surface area contributed by atoms with Crippen LogP contribution in [0.1, 0.15) is 0 Å². The molecule has 8 heterocycles. The molecule has 0 atom stereocenters. The molecule has 0 N–H and O–H groups in total. The van der Waals surface area contributed by atoms with Gasteiger partial charge in [-0.2, -0.15) is 0 Å². The van der Waals surface area contributed by atoms with Crippen molar-refractivity contribution in [1.82, 2.24) is 58.7 Å². The molecule has 318 valence electrons. The molecule has 8 aromatic rings. The van der Waals surface area contributed by atoms with Crippen LogP contribution in [0, 0.1) is 0 Å². The summed E-state index contributed by atoms with van der Waals surface area (Å²) in [6, 6.07) is 30.6. The van der Waals surface area contributed by atoms with Crippen molar-refractivity contribution in [3.8, 4) is 0 Å². The van der Waals surface area contributed by atoms with E-state index in [0.717, 1.165) is 0 Å². The van der Waals surface area contributed by atoms with Gasteiger partial charge in [0.1, 0.15) is 0 Å². The number of pyridine rings is 4. The molecule has 0 amide bonds. The molecular formula is C34H40B2Cl4N12O4Re2-10. The van der Waals surface area contributed by atoms with Crippen molar-refractivity contribution in [2.24, 2.45) is 0 Å². The molecule has 0 aliphatic rings. The molecule has 0 saturated heterocycles. The van der Waals surface area contributed by atoms with E-state index in [9.17, 15) is 0 Å². The second kappa shape index (κ2) is 52.9.